The number of aryl methyl sites for hydroxylation is 1. The highest BCUT2D eigenvalue weighted by molar-refractivity contribution is 8.03. The molecule has 0 saturated carbocycles. The van der Waals surface area contributed by atoms with Gasteiger partial charge in [-0.05, 0) is 42.8 Å². The zero-order valence-corrected chi connectivity index (χ0v) is 23.0. The van der Waals surface area contributed by atoms with E-state index in [1.165, 1.54) is 46.7 Å². The summed E-state index contributed by atoms with van der Waals surface area (Å²) in [4.78, 5) is 8.88. The van der Waals surface area contributed by atoms with Gasteiger partial charge in [0.15, 0.2) is 11.7 Å². The molecule has 4 aliphatic rings. The number of nitrogens with one attached hydrogen (secondary N) is 1. The van der Waals surface area contributed by atoms with Gasteiger partial charge in [-0.2, -0.15) is 4.57 Å². The Morgan fingerprint density at radius 1 is 0.868 bits per heavy atom. The number of para-hydroxylation sites is 3. The van der Waals surface area contributed by atoms with E-state index >= 15 is 0 Å². The van der Waals surface area contributed by atoms with Gasteiger partial charge in [0.25, 0.3) is 5.01 Å². The summed E-state index contributed by atoms with van der Waals surface area (Å²) < 4.78 is 5.13. The van der Waals surface area contributed by atoms with Gasteiger partial charge in [0.1, 0.15) is 4.70 Å². The molecule has 5 nitrogen and oxygen atoms in total. The molecule has 8 heteroatoms. The van der Waals surface area contributed by atoms with Gasteiger partial charge in [-0.15, -0.1) is 0 Å². The molecule has 0 spiro atoms. The summed E-state index contributed by atoms with van der Waals surface area (Å²) in [6.45, 7) is 2.06. The number of aromatic nitrogens is 2. The molecule has 0 fully saturated rings. The maximum Gasteiger partial charge on any atom is 0.267 e. The zero-order chi connectivity index (χ0) is 24.8. The van der Waals surface area contributed by atoms with Crippen LogP contribution in [0.15, 0.2) is 94.4 Å². The molecule has 2 atom stereocenters. The predicted octanol–water partition coefficient (Wildman–Crippen LogP) is 6.89. The van der Waals surface area contributed by atoms with Gasteiger partial charge < -0.3 is 4.90 Å². The fraction of sp³-hybridized carbons (Fsp3) is 0.200. The standard InChI is InChI=1S/C30H24N5S3/c1-4-10-25-20(7-1)31-30(38-25)32-35-21-13-15-33-23-8-2-5-11-26(23)36-28(33)18(21)17-19-22(35)14-16-34-24-9-3-6-12-27(24)37-29(19)34/h1-12,17,21-22H,13-16H2,(H,31,32)/q+1. The van der Waals surface area contributed by atoms with E-state index in [1.807, 2.05) is 23.1 Å². The van der Waals surface area contributed by atoms with E-state index in [0.29, 0.717) is 12.1 Å². The van der Waals surface area contributed by atoms with E-state index < -0.39 is 0 Å². The molecule has 3 aromatic carbocycles. The first-order chi connectivity index (χ1) is 18.8. The summed E-state index contributed by atoms with van der Waals surface area (Å²) in [5, 5.41) is 6.33. The molecule has 2 aromatic heterocycles. The number of nitrogens with zero attached hydrogens (tertiary/aromatic N) is 4. The molecule has 0 radical (unpaired) electrons. The Hall–Kier alpha value is -3.17. The van der Waals surface area contributed by atoms with E-state index in [4.69, 9.17) is 4.98 Å². The topological polar surface area (TPSA) is 35.3 Å². The molecule has 1 N–H and O–H groups in total. The molecule has 4 aliphatic heterocycles. The van der Waals surface area contributed by atoms with Crippen molar-refractivity contribution >= 4 is 71.3 Å². The van der Waals surface area contributed by atoms with Gasteiger partial charge in [-0.3, -0.25) is 5.43 Å². The number of rotatable bonds is 2. The smallest absolute Gasteiger partial charge is 0.267 e. The molecule has 0 aliphatic carbocycles. The summed E-state index contributed by atoms with van der Waals surface area (Å²) in [6.07, 6.45) is 4.71. The Morgan fingerprint density at radius 2 is 1.71 bits per heavy atom. The third-order valence-corrected chi connectivity index (χ3v) is 11.6. The Morgan fingerprint density at radius 3 is 2.66 bits per heavy atom. The lowest BCUT2D eigenvalue weighted by molar-refractivity contribution is -0.673. The Balaban J connectivity index is 1.22. The van der Waals surface area contributed by atoms with Crippen LogP contribution < -0.4 is 14.9 Å². The number of hydrogen-bond donors (Lipinski definition) is 1. The third kappa shape index (κ3) is 3.09. The summed E-state index contributed by atoms with van der Waals surface area (Å²) in [7, 11) is 0. The largest absolute Gasteiger partial charge is 0.335 e. The maximum absolute atomic E-state index is 4.97. The van der Waals surface area contributed by atoms with Gasteiger partial charge in [-0.1, -0.05) is 70.8 Å². The van der Waals surface area contributed by atoms with Crippen LogP contribution >= 0.6 is 34.4 Å². The molecule has 0 bridgehead atoms. The molecular weight excluding hydrogens is 527 g/mol. The second-order valence-corrected chi connectivity index (χ2v) is 13.3. The van der Waals surface area contributed by atoms with Crippen molar-refractivity contribution < 1.29 is 4.57 Å². The van der Waals surface area contributed by atoms with Crippen LogP contribution in [-0.4, -0.2) is 28.6 Å². The molecular formula is C30H24N5S3+. The minimum Gasteiger partial charge on any atom is -0.335 e. The third-order valence-electron chi connectivity index (χ3n) is 8.18. The van der Waals surface area contributed by atoms with Gasteiger partial charge in [0.05, 0.1) is 38.6 Å². The normalized spacial score (nSPS) is 22.1. The van der Waals surface area contributed by atoms with Crippen LogP contribution in [0.4, 0.5) is 10.8 Å². The molecule has 6 heterocycles. The van der Waals surface area contributed by atoms with Crippen LogP contribution in [-0.2, 0) is 6.54 Å². The predicted molar refractivity (Wildman–Crippen MR) is 159 cm³/mol. The molecule has 5 aromatic rings. The van der Waals surface area contributed by atoms with E-state index in [2.05, 4.69) is 98.8 Å². The highest BCUT2D eigenvalue weighted by Crippen LogP contribution is 2.52. The summed E-state index contributed by atoms with van der Waals surface area (Å²) in [5.74, 6) is 0. The van der Waals surface area contributed by atoms with E-state index in [0.717, 1.165) is 36.6 Å². The van der Waals surface area contributed by atoms with Gasteiger partial charge in [0.2, 0.25) is 5.52 Å². The monoisotopic (exact) mass is 550 g/mol. The van der Waals surface area contributed by atoms with Crippen molar-refractivity contribution in [2.45, 2.75) is 36.4 Å². The average Bonchev–Trinajstić information content (AvgIpc) is 3.65. The number of thioether (sulfide) groups is 1. The van der Waals surface area contributed by atoms with Crippen molar-refractivity contribution in [1.82, 2.24) is 9.99 Å². The van der Waals surface area contributed by atoms with Gasteiger partial charge in [0, 0.05) is 29.5 Å². The summed E-state index contributed by atoms with van der Waals surface area (Å²) in [6, 6.07) is 26.8. The molecule has 38 heavy (non-hydrogen) atoms. The van der Waals surface area contributed by atoms with E-state index in [1.54, 1.807) is 11.3 Å². The minimum atomic E-state index is 0.310. The van der Waals surface area contributed by atoms with Gasteiger partial charge >= 0.3 is 0 Å². The average molecular weight is 551 g/mol. The van der Waals surface area contributed by atoms with Crippen molar-refractivity contribution in [3.8, 4) is 0 Å². The number of hydrazine groups is 1. The molecule has 2 unspecified atom stereocenters. The van der Waals surface area contributed by atoms with E-state index in [-0.39, 0.29) is 0 Å². The van der Waals surface area contributed by atoms with Gasteiger partial charge in [-0.25, -0.2) is 9.99 Å². The Bertz CT molecular complexity index is 1800. The van der Waals surface area contributed by atoms with Crippen LogP contribution in [0.1, 0.15) is 17.8 Å². The van der Waals surface area contributed by atoms with Crippen LogP contribution in [0.25, 0.3) is 26.0 Å². The fourth-order valence-corrected chi connectivity index (χ4v) is 9.88. The highest BCUT2D eigenvalue weighted by Gasteiger charge is 2.47. The van der Waals surface area contributed by atoms with Crippen molar-refractivity contribution in [2.75, 3.05) is 16.9 Å². The van der Waals surface area contributed by atoms with Crippen LogP contribution in [0.2, 0.25) is 0 Å². The minimum absolute atomic E-state index is 0.310. The summed E-state index contributed by atoms with van der Waals surface area (Å²) >= 11 is 5.62. The fourth-order valence-electron chi connectivity index (χ4n) is 6.51. The second-order valence-electron chi connectivity index (χ2n) is 10.2. The van der Waals surface area contributed by atoms with Crippen LogP contribution in [0.3, 0.4) is 0 Å². The lowest BCUT2D eigenvalue weighted by Gasteiger charge is -2.46. The summed E-state index contributed by atoms with van der Waals surface area (Å²) in [5.41, 5.74) is 10.5. The SMILES string of the molecule is C1=C2c3sc4ccccc4[n+]3CCC2N(Nc2nc3ccccc3s2)C2CCN3C(=C12)Sc1ccccc13. The van der Waals surface area contributed by atoms with Crippen molar-refractivity contribution in [2.24, 2.45) is 0 Å². The van der Waals surface area contributed by atoms with Crippen LogP contribution in [0, 0.1) is 0 Å². The molecule has 9 rings (SSSR count). The first-order valence-corrected chi connectivity index (χ1v) is 15.6. The first kappa shape index (κ1) is 21.7. The quantitative estimate of drug-likeness (QED) is 0.242. The molecule has 0 saturated heterocycles. The lowest BCUT2D eigenvalue weighted by Crippen LogP contribution is -2.57. The lowest BCUT2D eigenvalue weighted by atomic mass is 9.86. The van der Waals surface area contributed by atoms with E-state index in [9.17, 15) is 0 Å². The molecule has 0 amide bonds. The maximum atomic E-state index is 4.97. The molecule has 186 valence electrons. The first-order valence-electron chi connectivity index (χ1n) is 13.1. The zero-order valence-electron chi connectivity index (χ0n) is 20.5. The second kappa shape index (κ2) is 8.16. The highest BCUT2D eigenvalue weighted by atomic mass is 32.2. The number of anilines is 2. The number of benzene rings is 3. The van der Waals surface area contributed by atoms with Crippen molar-refractivity contribution in [3.63, 3.8) is 0 Å². The number of fused-ring (bicyclic) bond motifs is 10. The Labute approximate surface area is 232 Å². The number of hydrogen-bond acceptors (Lipinski definition) is 7. The number of thiazole rings is 2. The van der Waals surface area contributed by atoms with Crippen LogP contribution in [0.5, 0.6) is 0 Å². The van der Waals surface area contributed by atoms with Crippen molar-refractivity contribution in [3.05, 3.63) is 94.5 Å². The van der Waals surface area contributed by atoms with Crippen molar-refractivity contribution in [1.29, 1.82) is 0 Å². The Kier molecular flexibility index (Phi) is 4.67.